The van der Waals surface area contributed by atoms with Gasteiger partial charge in [0.05, 0.1) is 11.0 Å². The van der Waals surface area contributed by atoms with E-state index in [2.05, 4.69) is 253 Å². The summed E-state index contributed by atoms with van der Waals surface area (Å²) in [7, 11) is -4.17. The lowest BCUT2D eigenvalue weighted by Gasteiger charge is -2.45. The zero-order chi connectivity index (χ0) is 45.2. The first kappa shape index (κ1) is 40.0. The second-order valence-electron chi connectivity index (χ2n) is 17.7. The fourth-order valence-electron chi connectivity index (χ4n) is 11.4. The topological polar surface area (TPSA) is 47.1 Å². The summed E-state index contributed by atoms with van der Waals surface area (Å²) in [4.78, 5) is 12.8. The maximum absolute atomic E-state index is 6.78. The van der Waals surface area contributed by atoms with Crippen LogP contribution < -0.4 is 46.4 Å². The predicted molar refractivity (Wildman–Crippen MR) is 287 cm³/mol. The number of furan rings is 1. The number of hydrogen-bond donors (Lipinski definition) is 0. The molecule has 12 aromatic rings. The minimum atomic E-state index is -3.16. The molecule has 0 saturated heterocycles. The predicted octanol–water partition coefficient (Wildman–Crippen LogP) is 9.07. The molecule has 5 nitrogen and oxygen atoms in total. The Hall–Kier alpha value is -8.37. The molecular weight excluding hydrogens is 861 g/mol. The van der Waals surface area contributed by atoms with Crippen molar-refractivity contribution in [2.45, 2.75) is 0 Å². The molecule has 1 aliphatic rings. The molecular formula is C61H44N4OSi2. The SMILES string of the molecule is Cn1c(-c2cccc([Si](c3ccccc3)(c3ccccc3)c3ccc4c(c3)N(c3ccccn3)c3cc5c(cc3[Si]4(c3ccccc3)c3ccccc3)oc3ccccc35)c2)nc2ccccc21. The average molecular weight is 905 g/mol. The van der Waals surface area contributed by atoms with Crippen molar-refractivity contribution in [1.82, 2.24) is 14.5 Å². The van der Waals surface area contributed by atoms with Crippen LogP contribution in [0.3, 0.4) is 0 Å². The molecule has 3 aromatic heterocycles. The number of pyridine rings is 1. The molecule has 0 aliphatic carbocycles. The van der Waals surface area contributed by atoms with Crippen LogP contribution in [0.15, 0.2) is 253 Å². The number of benzene rings is 9. The van der Waals surface area contributed by atoms with Crippen LogP contribution in [0.4, 0.5) is 17.2 Å². The Bertz CT molecular complexity index is 3740. The van der Waals surface area contributed by atoms with E-state index in [1.165, 1.54) is 41.5 Å². The van der Waals surface area contributed by atoms with Crippen molar-refractivity contribution in [3.05, 3.63) is 249 Å². The quantitative estimate of drug-likeness (QED) is 0.113. The molecule has 4 heterocycles. The molecule has 13 rings (SSSR count). The molecule has 0 N–H and O–H groups in total. The van der Waals surface area contributed by atoms with Gasteiger partial charge in [0.15, 0.2) is 16.1 Å². The molecule has 0 unspecified atom stereocenters. The molecule has 0 atom stereocenters. The summed E-state index contributed by atoms with van der Waals surface area (Å²) in [5.41, 5.74) is 7.19. The van der Waals surface area contributed by atoms with E-state index < -0.39 is 16.1 Å². The van der Waals surface area contributed by atoms with Gasteiger partial charge in [0, 0.05) is 41.0 Å². The Morgan fingerprint density at radius 3 is 1.75 bits per heavy atom. The van der Waals surface area contributed by atoms with Gasteiger partial charge in [0.1, 0.15) is 22.8 Å². The van der Waals surface area contributed by atoms with E-state index in [1.807, 2.05) is 12.3 Å². The summed E-state index contributed by atoms with van der Waals surface area (Å²) in [5.74, 6) is 1.80. The fourth-order valence-corrected chi connectivity index (χ4v) is 21.2. The number of aromatic nitrogens is 3. The van der Waals surface area contributed by atoms with E-state index in [9.17, 15) is 0 Å². The molecule has 0 fully saturated rings. The van der Waals surface area contributed by atoms with Crippen molar-refractivity contribution in [2.24, 2.45) is 7.05 Å². The summed E-state index contributed by atoms with van der Waals surface area (Å²) in [5, 5.41) is 12.5. The zero-order valence-electron chi connectivity index (χ0n) is 37.4. The van der Waals surface area contributed by atoms with E-state index in [0.29, 0.717) is 0 Å². The van der Waals surface area contributed by atoms with Gasteiger partial charge in [-0.3, -0.25) is 4.90 Å². The highest BCUT2D eigenvalue weighted by Crippen LogP contribution is 2.41. The summed E-state index contributed by atoms with van der Waals surface area (Å²) in [6.07, 6.45) is 1.91. The Morgan fingerprint density at radius 1 is 0.456 bits per heavy atom. The minimum Gasteiger partial charge on any atom is -0.456 e. The van der Waals surface area contributed by atoms with Crippen LogP contribution in [0.25, 0.3) is 44.4 Å². The molecule has 1 aliphatic heterocycles. The summed E-state index contributed by atoms with van der Waals surface area (Å²) < 4.78 is 9.00. The van der Waals surface area contributed by atoms with Crippen LogP contribution >= 0.6 is 0 Å². The van der Waals surface area contributed by atoms with E-state index in [1.54, 1.807) is 0 Å². The van der Waals surface area contributed by atoms with Crippen molar-refractivity contribution < 1.29 is 4.42 Å². The molecule has 0 spiro atoms. The molecule has 0 bridgehead atoms. The smallest absolute Gasteiger partial charge is 0.184 e. The largest absolute Gasteiger partial charge is 0.456 e. The third-order valence-corrected chi connectivity index (χ3v) is 23.9. The van der Waals surface area contributed by atoms with Crippen LogP contribution in [0.1, 0.15) is 0 Å². The number of hydrogen-bond acceptors (Lipinski definition) is 4. The summed E-state index contributed by atoms with van der Waals surface area (Å²) in [6.45, 7) is 0. The Labute approximate surface area is 396 Å². The van der Waals surface area contributed by atoms with Crippen molar-refractivity contribution in [2.75, 3.05) is 4.90 Å². The number of fused-ring (bicyclic) bond motifs is 6. The second kappa shape index (κ2) is 15.9. The molecule has 7 heteroatoms. The molecule has 322 valence electrons. The fraction of sp³-hybridized carbons (Fsp3) is 0.0164. The number of rotatable bonds is 8. The summed E-state index contributed by atoms with van der Waals surface area (Å²) >= 11 is 0. The van der Waals surface area contributed by atoms with Crippen LogP contribution in [0, 0.1) is 0 Å². The van der Waals surface area contributed by atoms with Gasteiger partial charge in [-0.15, -0.1) is 0 Å². The summed E-state index contributed by atoms with van der Waals surface area (Å²) in [6, 6.07) is 89.5. The van der Waals surface area contributed by atoms with Gasteiger partial charge >= 0.3 is 0 Å². The Balaban J connectivity index is 1.17. The highest BCUT2D eigenvalue weighted by atomic mass is 28.3. The van der Waals surface area contributed by atoms with E-state index >= 15 is 0 Å². The van der Waals surface area contributed by atoms with Crippen molar-refractivity contribution in [3.63, 3.8) is 0 Å². The van der Waals surface area contributed by atoms with Crippen molar-refractivity contribution in [3.8, 4) is 11.4 Å². The first-order chi connectivity index (χ1) is 33.6. The van der Waals surface area contributed by atoms with Crippen LogP contribution in [-0.4, -0.2) is 30.7 Å². The van der Waals surface area contributed by atoms with Gasteiger partial charge in [-0.1, -0.05) is 194 Å². The molecule has 0 amide bonds. The van der Waals surface area contributed by atoms with Crippen LogP contribution in [0.5, 0.6) is 0 Å². The first-order valence-corrected chi connectivity index (χ1v) is 27.2. The number of para-hydroxylation sites is 3. The first-order valence-electron chi connectivity index (χ1n) is 23.2. The minimum absolute atomic E-state index is 0.860. The highest BCUT2D eigenvalue weighted by molar-refractivity contribution is 7.22. The second-order valence-corrected chi connectivity index (χ2v) is 25.3. The third-order valence-electron chi connectivity index (χ3n) is 14.3. The molecule has 0 radical (unpaired) electrons. The van der Waals surface area contributed by atoms with Gasteiger partial charge < -0.3 is 8.98 Å². The number of nitrogens with zero attached hydrogens (tertiary/aromatic N) is 4. The maximum Gasteiger partial charge on any atom is 0.184 e. The third kappa shape index (κ3) is 5.92. The lowest BCUT2D eigenvalue weighted by atomic mass is 10.1. The lowest BCUT2D eigenvalue weighted by Crippen LogP contribution is -2.78. The number of imidazole rings is 1. The maximum atomic E-state index is 6.78. The normalized spacial score (nSPS) is 13.2. The van der Waals surface area contributed by atoms with E-state index in [4.69, 9.17) is 14.4 Å². The number of aryl methyl sites for hydroxylation is 1. The van der Waals surface area contributed by atoms with Gasteiger partial charge in [-0.25, -0.2) is 9.97 Å². The Kier molecular flexibility index (Phi) is 9.35. The molecule has 9 aromatic carbocycles. The monoisotopic (exact) mass is 904 g/mol. The average Bonchev–Trinajstić information content (AvgIpc) is 3.95. The number of anilines is 3. The van der Waals surface area contributed by atoms with Crippen LogP contribution in [0.2, 0.25) is 0 Å². The van der Waals surface area contributed by atoms with Crippen LogP contribution in [-0.2, 0) is 7.05 Å². The van der Waals surface area contributed by atoms with Crippen molar-refractivity contribution in [1.29, 1.82) is 0 Å². The molecule has 0 saturated carbocycles. The van der Waals surface area contributed by atoms with Gasteiger partial charge in [0.2, 0.25) is 0 Å². The van der Waals surface area contributed by atoms with Gasteiger partial charge in [-0.2, -0.15) is 0 Å². The highest BCUT2D eigenvalue weighted by Gasteiger charge is 2.51. The van der Waals surface area contributed by atoms with Gasteiger partial charge in [-0.05, 0) is 90.0 Å². The van der Waals surface area contributed by atoms with Gasteiger partial charge in [0.25, 0.3) is 0 Å². The standard InChI is InChI=1S/C61H44N4OSi2/c1-64-53-33-16-15-32-52(53)63-61(64)43-21-20-30-48(39-43)67(44-22-6-2-7-23-44,45-24-8-3-9-25-45)49-36-37-58-54(40-49)65(60-35-18-19-38-62-60)55-41-51-50-31-14-17-34-56(50)66-57(51)42-59(55)68(58,46-26-10-4-11-27-46)47-28-12-5-13-29-47/h2-42H,1H3. The lowest BCUT2D eigenvalue weighted by molar-refractivity contribution is 0.669. The molecule has 68 heavy (non-hydrogen) atoms. The van der Waals surface area contributed by atoms with E-state index in [-0.39, 0.29) is 0 Å². The van der Waals surface area contributed by atoms with Crippen molar-refractivity contribution >= 4 is 108 Å². The zero-order valence-corrected chi connectivity index (χ0v) is 39.4. The Morgan fingerprint density at radius 2 is 1.06 bits per heavy atom. The van der Waals surface area contributed by atoms with E-state index in [0.717, 1.165) is 61.6 Å².